The Kier molecular flexibility index (Phi) is 14.0. The van der Waals surface area contributed by atoms with Crippen LogP contribution >= 0.6 is 0 Å². The van der Waals surface area contributed by atoms with Crippen molar-refractivity contribution in [1.82, 2.24) is 0 Å². The molecule has 0 saturated carbocycles. The molecule has 0 aliphatic carbocycles. The molecule has 1 aromatic carbocycles. The second-order valence-electron chi connectivity index (χ2n) is 7.82. The number of benzene rings is 1. The third kappa shape index (κ3) is 9.51. The number of carbonyl (C=O) groups excluding carboxylic acids is 1. The second-order valence-corrected chi connectivity index (χ2v) is 7.82. The molecule has 0 spiro atoms. The van der Waals surface area contributed by atoms with Crippen LogP contribution in [0.25, 0.3) is 5.57 Å². The van der Waals surface area contributed by atoms with Gasteiger partial charge in [0.2, 0.25) is 5.76 Å². The maximum absolute atomic E-state index is 12.9. The minimum absolute atomic E-state index is 0.292. The molecule has 0 aromatic heterocycles. The van der Waals surface area contributed by atoms with Gasteiger partial charge >= 0.3 is 5.97 Å². The smallest absolute Gasteiger partial charge is 0.373 e. The highest BCUT2D eigenvalue weighted by Gasteiger charge is 2.25. The van der Waals surface area contributed by atoms with Crippen LogP contribution in [0.4, 0.5) is 0 Å². The van der Waals surface area contributed by atoms with Crippen molar-refractivity contribution in [3.63, 3.8) is 0 Å². The van der Waals surface area contributed by atoms with Crippen molar-refractivity contribution in [2.24, 2.45) is 5.92 Å². The first-order valence-corrected chi connectivity index (χ1v) is 11.7. The summed E-state index contributed by atoms with van der Waals surface area (Å²) in [6.07, 6.45) is 12.6. The van der Waals surface area contributed by atoms with Gasteiger partial charge in [-0.1, -0.05) is 102 Å². The van der Waals surface area contributed by atoms with Crippen molar-refractivity contribution in [2.45, 2.75) is 91.4 Å². The van der Waals surface area contributed by atoms with Crippen molar-refractivity contribution < 1.29 is 14.3 Å². The maximum Gasteiger partial charge on any atom is 0.373 e. The molecule has 1 rings (SSSR count). The molecule has 1 atom stereocenters. The Morgan fingerprint density at radius 1 is 0.862 bits per heavy atom. The lowest BCUT2D eigenvalue weighted by Crippen LogP contribution is -2.16. The SMILES string of the molecule is CCCCCCCCOC(=O)C(OC)=C(c1ccccc1)C(CC)CCCCC. The van der Waals surface area contributed by atoms with Gasteiger partial charge in [0.25, 0.3) is 0 Å². The largest absolute Gasteiger partial charge is 0.490 e. The minimum Gasteiger partial charge on any atom is -0.490 e. The van der Waals surface area contributed by atoms with Gasteiger partial charge in [-0.05, 0) is 30.7 Å². The van der Waals surface area contributed by atoms with Gasteiger partial charge in [0.1, 0.15) is 0 Å². The molecule has 1 aromatic rings. The maximum atomic E-state index is 12.9. The summed E-state index contributed by atoms with van der Waals surface area (Å²) in [7, 11) is 1.59. The molecular weight excluding hydrogens is 360 g/mol. The average Bonchev–Trinajstić information content (AvgIpc) is 2.75. The standard InChI is InChI=1S/C26H42O3/c1-5-8-10-11-12-17-21-29-26(27)25(28-4)24(23-19-15-13-16-20-23)22(7-3)18-14-9-6-2/h13,15-16,19-20,22H,5-12,14,17-18,21H2,1-4H3. The second kappa shape index (κ2) is 16.1. The molecule has 0 aliphatic rings. The number of rotatable bonds is 16. The zero-order valence-electron chi connectivity index (χ0n) is 19.2. The van der Waals surface area contributed by atoms with Crippen molar-refractivity contribution in [1.29, 1.82) is 0 Å². The lowest BCUT2D eigenvalue weighted by molar-refractivity contribution is -0.142. The summed E-state index contributed by atoms with van der Waals surface area (Å²) >= 11 is 0. The molecule has 1 unspecified atom stereocenters. The number of hydrogen-bond acceptors (Lipinski definition) is 3. The molecule has 0 fully saturated rings. The highest BCUT2D eigenvalue weighted by Crippen LogP contribution is 2.34. The Morgan fingerprint density at radius 2 is 1.48 bits per heavy atom. The van der Waals surface area contributed by atoms with E-state index < -0.39 is 0 Å². The van der Waals surface area contributed by atoms with Gasteiger partial charge in [0, 0.05) is 5.57 Å². The van der Waals surface area contributed by atoms with Crippen LogP contribution in [-0.2, 0) is 14.3 Å². The van der Waals surface area contributed by atoms with E-state index in [1.807, 2.05) is 18.2 Å². The van der Waals surface area contributed by atoms with Crippen LogP contribution in [0.15, 0.2) is 36.1 Å². The van der Waals surface area contributed by atoms with Gasteiger partial charge in [0.05, 0.1) is 13.7 Å². The van der Waals surface area contributed by atoms with E-state index in [-0.39, 0.29) is 5.97 Å². The quantitative estimate of drug-likeness (QED) is 0.124. The van der Waals surface area contributed by atoms with E-state index >= 15 is 0 Å². The lowest BCUT2D eigenvalue weighted by atomic mass is 9.85. The Balaban J connectivity index is 2.90. The predicted molar refractivity (Wildman–Crippen MR) is 123 cm³/mol. The van der Waals surface area contributed by atoms with Crippen LogP contribution in [0, 0.1) is 5.92 Å². The number of carbonyl (C=O) groups is 1. The van der Waals surface area contributed by atoms with E-state index in [4.69, 9.17) is 9.47 Å². The van der Waals surface area contributed by atoms with Crippen molar-refractivity contribution in [2.75, 3.05) is 13.7 Å². The monoisotopic (exact) mass is 402 g/mol. The number of allylic oxidation sites excluding steroid dienone is 1. The van der Waals surface area contributed by atoms with E-state index in [1.54, 1.807) is 7.11 Å². The molecule has 0 amide bonds. The first-order chi connectivity index (χ1) is 14.2. The molecule has 3 heteroatoms. The number of ether oxygens (including phenoxy) is 2. The normalized spacial score (nSPS) is 13.0. The fraction of sp³-hybridized carbons (Fsp3) is 0.654. The third-order valence-electron chi connectivity index (χ3n) is 5.51. The van der Waals surface area contributed by atoms with Gasteiger partial charge in [-0.25, -0.2) is 4.79 Å². The highest BCUT2D eigenvalue weighted by molar-refractivity contribution is 5.96. The lowest BCUT2D eigenvalue weighted by Gasteiger charge is -2.22. The van der Waals surface area contributed by atoms with Gasteiger partial charge in [0.15, 0.2) is 0 Å². The Labute approximate surface area is 178 Å². The summed E-state index contributed by atoms with van der Waals surface area (Å²) < 4.78 is 11.2. The average molecular weight is 403 g/mol. The molecule has 0 radical (unpaired) electrons. The summed E-state index contributed by atoms with van der Waals surface area (Å²) in [5, 5.41) is 0. The van der Waals surface area contributed by atoms with Crippen LogP contribution in [0.1, 0.15) is 97.0 Å². The fourth-order valence-corrected chi connectivity index (χ4v) is 3.78. The molecule has 0 aliphatic heterocycles. The Morgan fingerprint density at radius 3 is 2.10 bits per heavy atom. The Hall–Kier alpha value is -1.77. The number of methoxy groups -OCH3 is 1. The summed E-state index contributed by atoms with van der Waals surface area (Å²) in [4.78, 5) is 12.9. The van der Waals surface area contributed by atoms with Gasteiger partial charge < -0.3 is 9.47 Å². The molecule has 0 bridgehead atoms. The fourth-order valence-electron chi connectivity index (χ4n) is 3.78. The van der Waals surface area contributed by atoms with E-state index in [0.29, 0.717) is 18.3 Å². The molecule has 0 N–H and O–H groups in total. The topological polar surface area (TPSA) is 35.5 Å². The Bertz CT molecular complexity index is 577. The number of hydrogen-bond donors (Lipinski definition) is 0. The molecule has 3 nitrogen and oxygen atoms in total. The van der Waals surface area contributed by atoms with Crippen LogP contribution < -0.4 is 0 Å². The van der Waals surface area contributed by atoms with E-state index in [0.717, 1.165) is 43.2 Å². The van der Waals surface area contributed by atoms with E-state index in [1.165, 1.54) is 38.5 Å². The summed E-state index contributed by atoms with van der Waals surface area (Å²) in [6, 6.07) is 10.2. The van der Waals surface area contributed by atoms with Crippen molar-refractivity contribution in [3.05, 3.63) is 41.7 Å². The molecule has 164 valence electrons. The predicted octanol–water partition coefficient (Wildman–Crippen LogP) is 7.55. The number of unbranched alkanes of at least 4 members (excludes halogenated alkanes) is 7. The molecule has 0 saturated heterocycles. The molecular formula is C26H42O3. The van der Waals surface area contributed by atoms with Crippen LogP contribution in [0.3, 0.4) is 0 Å². The highest BCUT2D eigenvalue weighted by atomic mass is 16.6. The summed E-state index contributed by atoms with van der Waals surface area (Å²) in [5.41, 5.74) is 2.06. The number of esters is 1. The van der Waals surface area contributed by atoms with Gasteiger partial charge in [-0.2, -0.15) is 0 Å². The first kappa shape index (κ1) is 25.3. The van der Waals surface area contributed by atoms with E-state index in [2.05, 4.69) is 32.9 Å². The molecule has 0 heterocycles. The molecule has 29 heavy (non-hydrogen) atoms. The zero-order chi connectivity index (χ0) is 21.3. The van der Waals surface area contributed by atoms with Gasteiger partial charge in [-0.15, -0.1) is 0 Å². The zero-order valence-corrected chi connectivity index (χ0v) is 19.2. The van der Waals surface area contributed by atoms with Crippen molar-refractivity contribution in [3.8, 4) is 0 Å². The third-order valence-corrected chi connectivity index (χ3v) is 5.51. The van der Waals surface area contributed by atoms with E-state index in [9.17, 15) is 4.79 Å². The minimum atomic E-state index is -0.325. The van der Waals surface area contributed by atoms with Crippen LogP contribution in [0.2, 0.25) is 0 Å². The van der Waals surface area contributed by atoms with Crippen LogP contribution in [-0.4, -0.2) is 19.7 Å². The van der Waals surface area contributed by atoms with Gasteiger partial charge in [-0.3, -0.25) is 0 Å². The van der Waals surface area contributed by atoms with Crippen molar-refractivity contribution >= 4 is 11.5 Å². The first-order valence-electron chi connectivity index (χ1n) is 11.7. The summed E-state index contributed by atoms with van der Waals surface area (Å²) in [5.74, 6) is 0.347. The van der Waals surface area contributed by atoms with Crippen LogP contribution in [0.5, 0.6) is 0 Å². The summed E-state index contributed by atoms with van der Waals surface area (Å²) in [6.45, 7) is 7.09.